The summed E-state index contributed by atoms with van der Waals surface area (Å²) < 4.78 is 47.9. The maximum Gasteiger partial charge on any atom is 0.428 e. The summed E-state index contributed by atoms with van der Waals surface area (Å²) in [5, 5.41) is 17.0. The molecule has 1 fully saturated rings. The zero-order valence-corrected chi connectivity index (χ0v) is 21.6. The fourth-order valence-electron chi connectivity index (χ4n) is 4.94. The number of aryl methyl sites for hydroxylation is 1. The molecular weight excluding hydrogens is 557 g/mol. The van der Waals surface area contributed by atoms with Crippen molar-refractivity contribution in [3.8, 4) is 6.07 Å². The zero-order chi connectivity index (χ0) is 27.0. The summed E-state index contributed by atoms with van der Waals surface area (Å²) in [6.45, 7) is 1.79. The molecule has 0 radical (unpaired) electrons. The summed E-state index contributed by atoms with van der Waals surface area (Å²) in [6.07, 6.45) is -1.01. The molecule has 1 aliphatic carbocycles. The van der Waals surface area contributed by atoms with Crippen LogP contribution in [0.5, 0.6) is 0 Å². The highest BCUT2D eigenvalue weighted by Gasteiger charge is 2.51. The molecule has 1 aromatic carbocycles. The fraction of sp³-hybridized carbons (Fsp3) is 0.458. The maximum atomic E-state index is 13.4. The Balaban J connectivity index is 1.54. The zero-order valence-electron chi connectivity index (χ0n) is 20.0. The quantitative estimate of drug-likeness (QED) is 0.532. The van der Waals surface area contributed by atoms with Crippen LogP contribution >= 0.6 is 15.9 Å². The maximum absolute atomic E-state index is 13.4. The van der Waals surface area contributed by atoms with Crippen LogP contribution in [0.1, 0.15) is 60.6 Å². The highest BCUT2D eigenvalue weighted by molar-refractivity contribution is 9.10. The first kappa shape index (κ1) is 26.7. The molecule has 196 valence electrons. The Bertz CT molecular complexity index is 1290. The Morgan fingerprint density at radius 3 is 2.65 bits per heavy atom. The molecule has 1 spiro atoms. The number of ether oxygens (including phenoxy) is 1. The molecule has 0 bridgehead atoms. The van der Waals surface area contributed by atoms with Gasteiger partial charge in [-0.25, -0.2) is 15.2 Å². The van der Waals surface area contributed by atoms with Gasteiger partial charge in [0.25, 0.3) is 5.91 Å². The average Bonchev–Trinajstić information content (AvgIpc) is 3.27. The molecule has 1 aliphatic heterocycles. The van der Waals surface area contributed by atoms with Gasteiger partial charge < -0.3 is 14.6 Å². The number of carbonyl (C=O) groups excluding carboxylic acids is 2. The molecule has 9 nitrogen and oxygen atoms in total. The molecule has 2 amide bonds. The molecular formula is C24H24BrF3N6O3. The number of aromatic nitrogens is 2. The van der Waals surface area contributed by atoms with Crippen LogP contribution in [-0.4, -0.2) is 38.9 Å². The van der Waals surface area contributed by atoms with E-state index < -0.39 is 28.8 Å². The van der Waals surface area contributed by atoms with Gasteiger partial charge in [-0.1, -0.05) is 15.9 Å². The molecule has 2 N–H and O–H groups in total. The topological polar surface area (TPSA) is 121 Å². The number of rotatable bonds is 5. The molecule has 2 heterocycles. The van der Waals surface area contributed by atoms with Crippen LogP contribution < -0.4 is 10.7 Å². The largest absolute Gasteiger partial charge is 0.435 e. The van der Waals surface area contributed by atoms with Gasteiger partial charge in [0.1, 0.15) is 11.4 Å². The predicted molar refractivity (Wildman–Crippen MR) is 129 cm³/mol. The number of halogens is 4. The number of alkyl halides is 3. The number of nitrogens with zero attached hydrogens (tertiary/aromatic N) is 4. The van der Waals surface area contributed by atoms with E-state index in [2.05, 4.69) is 42.8 Å². The minimum atomic E-state index is -4.57. The SMILES string of the molecule is C[C@@H](CC1(C#N)CCC2(CC1)OC(=O)NN=C2c1cc(C(F)(F)F)ccc1Br)NC(=O)c1cn(C)cn1. The molecule has 1 aromatic heterocycles. The second kappa shape index (κ2) is 9.81. The molecule has 1 atom stereocenters. The summed E-state index contributed by atoms with van der Waals surface area (Å²) >= 11 is 3.29. The summed E-state index contributed by atoms with van der Waals surface area (Å²) in [7, 11) is 1.75. The van der Waals surface area contributed by atoms with Gasteiger partial charge in [-0.05, 0) is 57.2 Å². The Kier molecular flexibility index (Phi) is 7.07. The minimum Gasteiger partial charge on any atom is -0.435 e. The molecule has 13 heteroatoms. The van der Waals surface area contributed by atoms with Gasteiger partial charge in [0.2, 0.25) is 0 Å². The van der Waals surface area contributed by atoms with Crippen molar-refractivity contribution < 1.29 is 27.5 Å². The van der Waals surface area contributed by atoms with Crippen LogP contribution in [0.15, 0.2) is 40.3 Å². The number of nitrogens with one attached hydrogen (secondary N) is 2. The molecule has 1 saturated carbocycles. The Morgan fingerprint density at radius 2 is 2.05 bits per heavy atom. The van der Waals surface area contributed by atoms with Crippen molar-refractivity contribution in [1.29, 1.82) is 5.26 Å². The van der Waals surface area contributed by atoms with Gasteiger partial charge in [0.05, 0.1) is 23.4 Å². The second-order valence-corrected chi connectivity index (χ2v) is 10.4. The molecule has 4 rings (SSSR count). The summed E-state index contributed by atoms with van der Waals surface area (Å²) in [5.74, 6) is -0.357. The molecule has 2 aromatic rings. The highest BCUT2D eigenvalue weighted by Crippen LogP contribution is 2.48. The van der Waals surface area contributed by atoms with Crippen molar-refractivity contribution in [2.75, 3.05) is 0 Å². The number of hydrogen-bond acceptors (Lipinski definition) is 6. The van der Waals surface area contributed by atoms with Gasteiger partial charge in [0.15, 0.2) is 5.60 Å². The van der Waals surface area contributed by atoms with E-state index in [0.29, 0.717) is 10.9 Å². The van der Waals surface area contributed by atoms with Gasteiger partial charge in [-0.15, -0.1) is 0 Å². The molecule has 37 heavy (non-hydrogen) atoms. The standard InChI is InChI=1S/C24H24BrF3N6O3/c1-14(31-20(35)18-11-34(2)13-30-18)10-22(12-29)5-7-23(8-6-22)19(32-33-21(36)37-23)16-9-15(24(26,27)28)3-4-17(16)25/h3-4,9,11,13-14H,5-8,10H2,1-2H3,(H,31,35)(H,33,36)/t14-,22?,23?/m0/s1. The van der Waals surface area contributed by atoms with Crippen LogP contribution in [0, 0.1) is 16.7 Å². The van der Waals surface area contributed by atoms with E-state index in [1.165, 1.54) is 12.4 Å². The number of benzene rings is 1. The minimum absolute atomic E-state index is 0.148. The van der Waals surface area contributed by atoms with Crippen molar-refractivity contribution in [3.05, 3.63) is 52.0 Å². The number of amides is 2. The first-order chi connectivity index (χ1) is 17.4. The number of carbonyl (C=O) groups is 2. The lowest BCUT2D eigenvalue weighted by Crippen LogP contribution is -2.54. The van der Waals surface area contributed by atoms with Gasteiger partial charge in [-0.3, -0.25) is 4.79 Å². The Morgan fingerprint density at radius 1 is 1.35 bits per heavy atom. The van der Waals surface area contributed by atoms with Gasteiger partial charge >= 0.3 is 12.3 Å². The van der Waals surface area contributed by atoms with E-state index in [4.69, 9.17) is 4.74 Å². The van der Waals surface area contributed by atoms with Crippen LogP contribution in [-0.2, 0) is 18.0 Å². The van der Waals surface area contributed by atoms with Crippen LogP contribution in [0.4, 0.5) is 18.0 Å². The first-order valence-electron chi connectivity index (χ1n) is 11.5. The molecule has 0 unspecified atom stereocenters. The third-order valence-electron chi connectivity index (χ3n) is 6.79. The lowest BCUT2D eigenvalue weighted by atomic mass is 9.65. The smallest absolute Gasteiger partial charge is 0.428 e. The van der Waals surface area contributed by atoms with Crippen LogP contribution in [0.25, 0.3) is 0 Å². The van der Waals surface area contributed by atoms with E-state index in [-0.39, 0.29) is 54.6 Å². The van der Waals surface area contributed by atoms with Crippen LogP contribution in [0.3, 0.4) is 0 Å². The number of hydrazone groups is 1. The predicted octanol–water partition coefficient (Wildman–Crippen LogP) is 4.68. The lowest BCUT2D eigenvalue weighted by molar-refractivity contribution is -0.137. The van der Waals surface area contributed by atoms with Crippen molar-refractivity contribution in [2.24, 2.45) is 17.6 Å². The number of nitriles is 1. The third-order valence-corrected chi connectivity index (χ3v) is 7.48. The fourth-order valence-corrected chi connectivity index (χ4v) is 5.37. The first-order valence-corrected chi connectivity index (χ1v) is 12.3. The van der Waals surface area contributed by atoms with Crippen molar-refractivity contribution in [3.63, 3.8) is 0 Å². The van der Waals surface area contributed by atoms with Crippen molar-refractivity contribution in [1.82, 2.24) is 20.3 Å². The van der Waals surface area contributed by atoms with Crippen LogP contribution in [0.2, 0.25) is 0 Å². The monoisotopic (exact) mass is 580 g/mol. The summed E-state index contributed by atoms with van der Waals surface area (Å²) in [5.41, 5.74) is -0.227. The van der Waals surface area contributed by atoms with E-state index in [1.807, 2.05) is 0 Å². The number of hydrogen-bond donors (Lipinski definition) is 2. The normalized spacial score (nSPS) is 24.5. The average molecular weight is 581 g/mol. The van der Waals surface area contributed by atoms with Crippen molar-refractivity contribution in [2.45, 2.75) is 56.8 Å². The lowest BCUT2D eigenvalue weighted by Gasteiger charge is -2.45. The molecule has 2 aliphatic rings. The Hall–Kier alpha value is -3.40. The third kappa shape index (κ3) is 5.49. The van der Waals surface area contributed by atoms with E-state index >= 15 is 0 Å². The van der Waals surface area contributed by atoms with Gasteiger partial charge in [-0.2, -0.15) is 23.5 Å². The number of imidazole rings is 1. The summed E-state index contributed by atoms with van der Waals surface area (Å²) in [4.78, 5) is 28.6. The van der Waals surface area contributed by atoms with E-state index in [9.17, 15) is 28.0 Å². The summed E-state index contributed by atoms with van der Waals surface area (Å²) in [6, 6.07) is 5.20. The molecule has 0 saturated heterocycles. The van der Waals surface area contributed by atoms with Gasteiger partial charge in [0, 0.05) is 29.3 Å². The van der Waals surface area contributed by atoms with Crippen molar-refractivity contribution >= 4 is 33.6 Å². The highest BCUT2D eigenvalue weighted by atomic mass is 79.9. The Labute approximate surface area is 219 Å². The second-order valence-electron chi connectivity index (χ2n) is 9.54. The van der Waals surface area contributed by atoms with E-state index in [0.717, 1.165) is 12.1 Å². The van der Waals surface area contributed by atoms with E-state index in [1.54, 1.807) is 24.7 Å².